The molecule has 0 saturated carbocycles. The van der Waals surface area contributed by atoms with E-state index in [2.05, 4.69) is 15.2 Å². The molecule has 0 radical (unpaired) electrons. The second-order valence-corrected chi connectivity index (χ2v) is 6.14. The predicted octanol–water partition coefficient (Wildman–Crippen LogP) is 2.95. The summed E-state index contributed by atoms with van der Waals surface area (Å²) in [5, 5.41) is 3.61. The van der Waals surface area contributed by atoms with Crippen LogP contribution in [0.5, 0.6) is 0 Å². The van der Waals surface area contributed by atoms with Gasteiger partial charge in [-0.05, 0) is 37.4 Å². The van der Waals surface area contributed by atoms with Gasteiger partial charge in [-0.3, -0.25) is 4.90 Å². The number of oxazole rings is 1. The molecule has 1 aromatic carbocycles. The molecular weight excluding hydrogens is 298 g/mol. The molecule has 4 rings (SSSR count). The van der Waals surface area contributed by atoms with Gasteiger partial charge in [0.05, 0.1) is 5.69 Å². The summed E-state index contributed by atoms with van der Waals surface area (Å²) in [4.78, 5) is 7.15. The van der Waals surface area contributed by atoms with Crippen LogP contribution in [-0.2, 0) is 6.54 Å². The molecule has 118 valence electrons. The number of hydrogen-bond donors (Lipinski definition) is 1. The van der Waals surface area contributed by atoms with Gasteiger partial charge < -0.3 is 9.73 Å². The lowest BCUT2D eigenvalue weighted by Crippen LogP contribution is -2.43. The number of rotatable bonds is 3. The van der Waals surface area contributed by atoms with Gasteiger partial charge in [0, 0.05) is 31.2 Å². The lowest BCUT2D eigenvalue weighted by Gasteiger charge is -2.34. The number of benzene rings is 1. The minimum absolute atomic E-state index is 0. The SMILES string of the molecule is Cl.c1ccc(-c2nc(CN3CCC4NCCC4C3)co2)cc1. The Labute approximate surface area is 137 Å². The first kappa shape index (κ1) is 15.5. The van der Waals surface area contributed by atoms with Crippen molar-refractivity contribution in [3.63, 3.8) is 0 Å². The minimum Gasteiger partial charge on any atom is -0.444 e. The molecule has 3 heterocycles. The van der Waals surface area contributed by atoms with E-state index in [1.54, 1.807) is 6.26 Å². The van der Waals surface area contributed by atoms with Gasteiger partial charge in [0.25, 0.3) is 0 Å². The number of halogens is 1. The highest BCUT2D eigenvalue weighted by Crippen LogP contribution is 2.26. The van der Waals surface area contributed by atoms with Gasteiger partial charge in [-0.2, -0.15) is 0 Å². The van der Waals surface area contributed by atoms with Crippen molar-refractivity contribution in [2.45, 2.75) is 25.4 Å². The van der Waals surface area contributed by atoms with Crippen LogP contribution in [0, 0.1) is 5.92 Å². The summed E-state index contributed by atoms with van der Waals surface area (Å²) in [5.41, 5.74) is 2.08. The second-order valence-electron chi connectivity index (χ2n) is 6.14. The fourth-order valence-electron chi connectivity index (χ4n) is 3.59. The van der Waals surface area contributed by atoms with Gasteiger partial charge in [0.2, 0.25) is 5.89 Å². The zero-order valence-corrected chi connectivity index (χ0v) is 13.4. The van der Waals surface area contributed by atoms with E-state index in [1.807, 2.05) is 30.3 Å². The van der Waals surface area contributed by atoms with Crippen LogP contribution < -0.4 is 5.32 Å². The average Bonchev–Trinajstić information content (AvgIpc) is 3.17. The van der Waals surface area contributed by atoms with Gasteiger partial charge >= 0.3 is 0 Å². The molecule has 5 heteroatoms. The molecule has 2 unspecified atom stereocenters. The Bertz CT molecular complexity index is 601. The van der Waals surface area contributed by atoms with Gasteiger partial charge in [-0.15, -0.1) is 12.4 Å². The fourth-order valence-corrected chi connectivity index (χ4v) is 3.59. The van der Waals surface area contributed by atoms with E-state index in [4.69, 9.17) is 4.42 Å². The lowest BCUT2D eigenvalue weighted by atomic mass is 9.93. The molecular formula is C17H22ClN3O. The number of fused-ring (bicyclic) bond motifs is 1. The zero-order chi connectivity index (χ0) is 14.1. The summed E-state index contributed by atoms with van der Waals surface area (Å²) < 4.78 is 5.63. The fraction of sp³-hybridized carbons (Fsp3) is 0.471. The Balaban J connectivity index is 0.00000144. The van der Waals surface area contributed by atoms with Crippen molar-refractivity contribution in [1.29, 1.82) is 0 Å². The average molecular weight is 320 g/mol. The molecule has 0 spiro atoms. The highest BCUT2D eigenvalue weighted by molar-refractivity contribution is 5.85. The smallest absolute Gasteiger partial charge is 0.226 e. The molecule has 2 fully saturated rings. The molecule has 4 nitrogen and oxygen atoms in total. The molecule has 2 aliphatic rings. The Morgan fingerprint density at radius 2 is 2.09 bits per heavy atom. The third-order valence-corrected chi connectivity index (χ3v) is 4.70. The van der Waals surface area contributed by atoms with Crippen LogP contribution in [0.2, 0.25) is 0 Å². The number of aromatic nitrogens is 1. The lowest BCUT2D eigenvalue weighted by molar-refractivity contribution is 0.154. The van der Waals surface area contributed by atoms with E-state index in [1.165, 1.54) is 25.9 Å². The normalized spacial score (nSPS) is 24.7. The Kier molecular flexibility index (Phi) is 4.81. The van der Waals surface area contributed by atoms with Gasteiger partial charge in [-0.1, -0.05) is 18.2 Å². The maximum atomic E-state index is 5.63. The third-order valence-electron chi connectivity index (χ3n) is 4.70. The predicted molar refractivity (Wildman–Crippen MR) is 89.0 cm³/mol. The van der Waals surface area contributed by atoms with Crippen LogP contribution in [0.4, 0.5) is 0 Å². The molecule has 0 bridgehead atoms. The van der Waals surface area contributed by atoms with Crippen LogP contribution >= 0.6 is 12.4 Å². The van der Waals surface area contributed by atoms with E-state index >= 15 is 0 Å². The number of hydrogen-bond acceptors (Lipinski definition) is 4. The maximum absolute atomic E-state index is 5.63. The van der Waals surface area contributed by atoms with E-state index < -0.39 is 0 Å². The van der Waals surface area contributed by atoms with E-state index in [9.17, 15) is 0 Å². The van der Waals surface area contributed by atoms with Gasteiger partial charge in [0.1, 0.15) is 6.26 Å². The van der Waals surface area contributed by atoms with Crippen LogP contribution in [0.25, 0.3) is 11.5 Å². The molecule has 2 aliphatic heterocycles. The topological polar surface area (TPSA) is 41.3 Å². The van der Waals surface area contributed by atoms with E-state index in [0.29, 0.717) is 0 Å². The van der Waals surface area contributed by atoms with E-state index in [0.717, 1.165) is 42.2 Å². The summed E-state index contributed by atoms with van der Waals surface area (Å²) in [5.74, 6) is 1.54. The number of nitrogens with zero attached hydrogens (tertiary/aromatic N) is 2. The monoisotopic (exact) mass is 319 g/mol. The highest BCUT2D eigenvalue weighted by atomic mass is 35.5. The molecule has 1 N–H and O–H groups in total. The number of piperidine rings is 1. The quantitative estimate of drug-likeness (QED) is 0.944. The van der Waals surface area contributed by atoms with Crippen LogP contribution in [0.15, 0.2) is 41.0 Å². The largest absolute Gasteiger partial charge is 0.444 e. The summed E-state index contributed by atoms with van der Waals surface area (Å²) >= 11 is 0. The minimum atomic E-state index is 0. The second kappa shape index (κ2) is 6.82. The van der Waals surface area contributed by atoms with Crippen LogP contribution in [0.1, 0.15) is 18.5 Å². The first-order valence-corrected chi connectivity index (χ1v) is 7.84. The number of nitrogens with one attached hydrogen (secondary N) is 1. The molecule has 2 saturated heterocycles. The van der Waals surface area contributed by atoms with Crippen molar-refractivity contribution in [3.8, 4) is 11.5 Å². The third kappa shape index (κ3) is 3.19. The summed E-state index contributed by atoms with van der Waals surface area (Å²) in [6.45, 7) is 4.43. The molecule has 2 atom stereocenters. The maximum Gasteiger partial charge on any atom is 0.226 e. The molecule has 0 aliphatic carbocycles. The Morgan fingerprint density at radius 1 is 1.23 bits per heavy atom. The van der Waals surface area contributed by atoms with Crippen molar-refractivity contribution >= 4 is 12.4 Å². The van der Waals surface area contributed by atoms with Gasteiger partial charge in [-0.25, -0.2) is 4.98 Å². The van der Waals surface area contributed by atoms with Crippen LogP contribution in [-0.4, -0.2) is 35.6 Å². The van der Waals surface area contributed by atoms with Gasteiger partial charge in [0.15, 0.2) is 0 Å². The van der Waals surface area contributed by atoms with E-state index in [-0.39, 0.29) is 12.4 Å². The highest BCUT2D eigenvalue weighted by Gasteiger charge is 2.32. The molecule has 2 aromatic rings. The number of likely N-dealkylation sites (tertiary alicyclic amines) is 1. The molecule has 22 heavy (non-hydrogen) atoms. The first-order chi connectivity index (χ1) is 10.4. The van der Waals surface area contributed by atoms with Crippen molar-refractivity contribution in [2.24, 2.45) is 5.92 Å². The van der Waals surface area contributed by atoms with Crippen molar-refractivity contribution in [3.05, 3.63) is 42.3 Å². The summed E-state index contributed by atoms with van der Waals surface area (Å²) in [6.07, 6.45) is 4.38. The summed E-state index contributed by atoms with van der Waals surface area (Å²) in [6, 6.07) is 10.8. The zero-order valence-electron chi connectivity index (χ0n) is 12.6. The van der Waals surface area contributed by atoms with Crippen molar-refractivity contribution in [2.75, 3.05) is 19.6 Å². The Morgan fingerprint density at radius 3 is 2.95 bits per heavy atom. The van der Waals surface area contributed by atoms with Crippen molar-refractivity contribution < 1.29 is 4.42 Å². The van der Waals surface area contributed by atoms with Crippen molar-refractivity contribution in [1.82, 2.24) is 15.2 Å². The summed E-state index contributed by atoms with van der Waals surface area (Å²) in [7, 11) is 0. The molecule has 0 amide bonds. The molecule has 1 aromatic heterocycles. The standard InChI is InChI=1S/C17H21N3O.ClH/c1-2-4-13(5-3-1)17-19-15(12-21-17)11-20-9-7-16-14(10-20)6-8-18-16;/h1-5,12,14,16,18H,6-11H2;1H. The Hall–Kier alpha value is -1.36. The first-order valence-electron chi connectivity index (χ1n) is 7.84. The van der Waals surface area contributed by atoms with Crippen LogP contribution in [0.3, 0.4) is 0 Å².